The summed E-state index contributed by atoms with van der Waals surface area (Å²) >= 11 is 6.16. The fourth-order valence-corrected chi connectivity index (χ4v) is 3.77. The van der Waals surface area contributed by atoms with Crippen LogP contribution in [0.25, 0.3) is 0 Å². The number of piperidine rings is 1. The Morgan fingerprint density at radius 3 is 2.80 bits per heavy atom. The monoisotopic (exact) mass is 390 g/mol. The lowest BCUT2D eigenvalue weighted by atomic mass is 9.83. The molecule has 3 nitrogen and oxygen atoms in total. The molecule has 2 atom stereocenters. The summed E-state index contributed by atoms with van der Waals surface area (Å²) < 4.78 is 13.2. The Balaban J connectivity index is 0.00000312. The van der Waals surface area contributed by atoms with E-state index in [1.54, 1.807) is 6.07 Å². The van der Waals surface area contributed by atoms with Crippen molar-refractivity contribution in [1.29, 1.82) is 0 Å². The second kappa shape index (κ2) is 9.75. The van der Waals surface area contributed by atoms with E-state index in [2.05, 4.69) is 17.6 Å². The first-order chi connectivity index (χ1) is 11.3. The molecule has 0 saturated carbocycles. The fourth-order valence-electron chi connectivity index (χ4n) is 3.35. The molecule has 0 aromatic heterocycles. The molecule has 142 valence electrons. The fraction of sp³-hybridized carbons (Fsp3) is 0.632. The van der Waals surface area contributed by atoms with E-state index < -0.39 is 0 Å². The van der Waals surface area contributed by atoms with Crippen LogP contribution in [0.5, 0.6) is 0 Å². The molecule has 1 fully saturated rings. The summed E-state index contributed by atoms with van der Waals surface area (Å²) in [6, 6.07) is 4.42. The second-order valence-corrected chi connectivity index (χ2v) is 7.98. The van der Waals surface area contributed by atoms with Crippen molar-refractivity contribution in [2.45, 2.75) is 45.4 Å². The molecule has 0 spiro atoms. The van der Waals surface area contributed by atoms with Crippen molar-refractivity contribution >= 4 is 29.9 Å². The van der Waals surface area contributed by atoms with Crippen LogP contribution >= 0.6 is 24.0 Å². The number of benzene rings is 1. The average molecular weight is 391 g/mol. The maximum Gasteiger partial charge on any atom is 0.220 e. The Bertz CT molecular complexity index is 575. The van der Waals surface area contributed by atoms with Crippen LogP contribution in [-0.2, 0) is 10.2 Å². The van der Waals surface area contributed by atoms with Crippen molar-refractivity contribution in [3.8, 4) is 0 Å². The molecule has 1 aliphatic rings. The van der Waals surface area contributed by atoms with Gasteiger partial charge >= 0.3 is 0 Å². The maximum absolute atomic E-state index is 13.2. The Kier molecular flexibility index (Phi) is 8.66. The zero-order valence-corrected chi connectivity index (χ0v) is 16.8. The minimum atomic E-state index is -0.351. The normalized spacial score (nSPS) is 19.0. The van der Waals surface area contributed by atoms with Gasteiger partial charge in [-0.2, -0.15) is 0 Å². The predicted molar refractivity (Wildman–Crippen MR) is 104 cm³/mol. The number of hydrogen-bond donors (Lipinski definition) is 2. The van der Waals surface area contributed by atoms with Crippen molar-refractivity contribution in [2.24, 2.45) is 11.8 Å². The van der Waals surface area contributed by atoms with Crippen LogP contribution in [0.3, 0.4) is 0 Å². The first kappa shape index (κ1) is 22.2. The lowest BCUT2D eigenvalue weighted by Gasteiger charge is -2.29. The van der Waals surface area contributed by atoms with Gasteiger partial charge in [-0.25, -0.2) is 4.39 Å². The van der Waals surface area contributed by atoms with Crippen LogP contribution in [0.4, 0.5) is 4.39 Å². The summed E-state index contributed by atoms with van der Waals surface area (Å²) in [5.74, 6) is 0.664. The quantitative estimate of drug-likeness (QED) is 0.758. The van der Waals surface area contributed by atoms with Gasteiger partial charge in [0.1, 0.15) is 5.82 Å². The zero-order chi connectivity index (χ0) is 17.7. The molecule has 2 unspecified atom stereocenters. The Labute approximate surface area is 161 Å². The van der Waals surface area contributed by atoms with Gasteiger partial charge in [-0.05, 0) is 55.5 Å². The highest BCUT2D eigenvalue weighted by molar-refractivity contribution is 6.31. The molecule has 2 N–H and O–H groups in total. The van der Waals surface area contributed by atoms with Crippen LogP contribution in [0.15, 0.2) is 18.2 Å². The summed E-state index contributed by atoms with van der Waals surface area (Å²) in [5.41, 5.74) is 0.492. The predicted octanol–water partition coefficient (Wildman–Crippen LogP) is 4.32. The van der Waals surface area contributed by atoms with E-state index >= 15 is 0 Å². The third kappa shape index (κ3) is 6.43. The summed E-state index contributed by atoms with van der Waals surface area (Å²) in [6.45, 7) is 8.72. The van der Waals surface area contributed by atoms with Crippen molar-refractivity contribution in [3.63, 3.8) is 0 Å². The summed E-state index contributed by atoms with van der Waals surface area (Å²) in [6.07, 6.45) is 2.92. The lowest BCUT2D eigenvalue weighted by molar-refractivity contribution is -0.122. The Hall–Kier alpha value is -0.840. The second-order valence-electron chi connectivity index (χ2n) is 7.57. The topological polar surface area (TPSA) is 41.1 Å². The van der Waals surface area contributed by atoms with Gasteiger partial charge in [-0.3, -0.25) is 4.79 Å². The van der Waals surface area contributed by atoms with E-state index in [0.29, 0.717) is 29.8 Å². The van der Waals surface area contributed by atoms with Gasteiger partial charge in [-0.1, -0.05) is 38.4 Å². The van der Waals surface area contributed by atoms with Gasteiger partial charge < -0.3 is 10.6 Å². The number of carbonyl (C=O) groups is 1. The molecule has 1 aromatic rings. The molecule has 25 heavy (non-hydrogen) atoms. The molecule has 1 aromatic carbocycles. The van der Waals surface area contributed by atoms with Gasteiger partial charge in [0.2, 0.25) is 5.91 Å². The highest BCUT2D eigenvalue weighted by atomic mass is 35.5. The molecule has 1 heterocycles. The van der Waals surface area contributed by atoms with E-state index in [-0.39, 0.29) is 29.5 Å². The van der Waals surface area contributed by atoms with Gasteiger partial charge in [0.25, 0.3) is 0 Å². The molecular formula is C19H29Cl2FN2O. The molecule has 0 aliphatic carbocycles. The highest BCUT2D eigenvalue weighted by Gasteiger charge is 2.26. The van der Waals surface area contributed by atoms with Crippen molar-refractivity contribution in [3.05, 3.63) is 34.6 Å². The van der Waals surface area contributed by atoms with Crippen LogP contribution in [-0.4, -0.2) is 25.5 Å². The van der Waals surface area contributed by atoms with E-state index in [1.807, 2.05) is 13.8 Å². The lowest BCUT2D eigenvalue weighted by Crippen LogP contribution is -2.39. The summed E-state index contributed by atoms with van der Waals surface area (Å²) in [5, 5.41) is 6.82. The molecule has 2 rings (SSSR count). The first-order valence-corrected chi connectivity index (χ1v) is 9.10. The van der Waals surface area contributed by atoms with Crippen LogP contribution in [0.2, 0.25) is 5.02 Å². The zero-order valence-electron chi connectivity index (χ0n) is 15.2. The molecule has 0 radical (unpaired) electrons. The van der Waals surface area contributed by atoms with E-state index in [9.17, 15) is 9.18 Å². The highest BCUT2D eigenvalue weighted by Crippen LogP contribution is 2.30. The SMILES string of the molecule is CC(CC(=O)NCC(C)(C)c1ccc(F)cc1Cl)C1CCCNC1.Cl. The molecule has 6 heteroatoms. The number of nitrogens with one attached hydrogen (secondary N) is 2. The summed E-state index contributed by atoms with van der Waals surface area (Å²) in [7, 11) is 0. The van der Waals surface area contributed by atoms with Gasteiger partial charge in [0.15, 0.2) is 0 Å². The summed E-state index contributed by atoms with van der Waals surface area (Å²) in [4.78, 5) is 12.3. The number of rotatable bonds is 6. The standard InChI is InChI=1S/C19H28ClFN2O.ClH/c1-13(14-5-4-8-22-11-14)9-18(24)23-12-19(2,3)16-7-6-15(21)10-17(16)20;/h6-7,10,13-14,22H,4-5,8-9,11-12H2,1-3H3,(H,23,24);1H. The molecular weight excluding hydrogens is 362 g/mol. The van der Waals surface area contributed by atoms with E-state index in [4.69, 9.17) is 11.6 Å². The van der Waals surface area contributed by atoms with Gasteiger partial charge in [0.05, 0.1) is 0 Å². The number of amides is 1. The number of halogens is 3. The van der Waals surface area contributed by atoms with Crippen molar-refractivity contribution in [2.75, 3.05) is 19.6 Å². The maximum atomic E-state index is 13.2. The van der Waals surface area contributed by atoms with Crippen LogP contribution < -0.4 is 10.6 Å². The third-order valence-electron chi connectivity index (χ3n) is 5.03. The first-order valence-electron chi connectivity index (χ1n) is 8.72. The van der Waals surface area contributed by atoms with Gasteiger partial charge in [0, 0.05) is 23.4 Å². The van der Waals surface area contributed by atoms with Crippen molar-refractivity contribution in [1.82, 2.24) is 10.6 Å². The minimum Gasteiger partial charge on any atom is -0.355 e. The molecule has 0 bridgehead atoms. The van der Waals surface area contributed by atoms with E-state index in [0.717, 1.165) is 18.7 Å². The van der Waals surface area contributed by atoms with Crippen molar-refractivity contribution < 1.29 is 9.18 Å². The molecule has 1 amide bonds. The minimum absolute atomic E-state index is 0. The Morgan fingerprint density at radius 2 is 2.20 bits per heavy atom. The number of hydrogen-bond acceptors (Lipinski definition) is 2. The number of carbonyl (C=O) groups excluding carboxylic acids is 1. The van der Waals surface area contributed by atoms with Crippen LogP contribution in [0.1, 0.15) is 45.6 Å². The average Bonchev–Trinajstić information content (AvgIpc) is 2.53. The molecule has 1 aliphatic heterocycles. The van der Waals surface area contributed by atoms with E-state index in [1.165, 1.54) is 25.0 Å². The Morgan fingerprint density at radius 1 is 1.48 bits per heavy atom. The van der Waals surface area contributed by atoms with Crippen LogP contribution in [0, 0.1) is 17.7 Å². The largest absolute Gasteiger partial charge is 0.355 e. The smallest absolute Gasteiger partial charge is 0.220 e. The van der Waals surface area contributed by atoms with Gasteiger partial charge in [-0.15, -0.1) is 12.4 Å². The molecule has 1 saturated heterocycles. The third-order valence-corrected chi connectivity index (χ3v) is 5.35.